The minimum absolute atomic E-state index is 0.158. The smallest absolute Gasteiger partial charge is 0.254 e. The molecule has 2 heterocycles. The Kier molecular flexibility index (Phi) is 4.78. The highest BCUT2D eigenvalue weighted by atomic mass is 32.1. The van der Waals surface area contributed by atoms with Crippen molar-refractivity contribution in [3.8, 4) is 0 Å². The number of rotatable bonds is 3. The van der Waals surface area contributed by atoms with E-state index in [0.29, 0.717) is 17.2 Å². The van der Waals surface area contributed by atoms with Crippen molar-refractivity contribution >= 4 is 28.2 Å². The minimum Gasteiger partial charge on any atom is -0.368 e. The van der Waals surface area contributed by atoms with Gasteiger partial charge >= 0.3 is 0 Å². The fourth-order valence-corrected chi connectivity index (χ4v) is 4.54. The van der Waals surface area contributed by atoms with Crippen LogP contribution >= 0.6 is 11.3 Å². The highest BCUT2D eigenvalue weighted by Gasteiger charge is 2.28. The van der Waals surface area contributed by atoms with Crippen LogP contribution in [0.1, 0.15) is 59.3 Å². The lowest BCUT2D eigenvalue weighted by molar-refractivity contribution is -0.124. The van der Waals surface area contributed by atoms with Gasteiger partial charge in [-0.15, -0.1) is 11.3 Å². The third-order valence-corrected chi connectivity index (χ3v) is 5.58. The zero-order chi connectivity index (χ0) is 15.5. The van der Waals surface area contributed by atoms with E-state index in [1.54, 1.807) is 0 Å². The zero-order valence-electron chi connectivity index (χ0n) is 12.7. The Labute approximate surface area is 134 Å². The van der Waals surface area contributed by atoms with Crippen molar-refractivity contribution in [1.82, 2.24) is 0 Å². The van der Waals surface area contributed by atoms with Crippen LogP contribution in [-0.4, -0.2) is 24.5 Å². The van der Waals surface area contributed by atoms with Crippen LogP contribution in [0.4, 0.5) is 5.00 Å². The number of nitrogens with two attached hydrogens (primary N) is 1. The third-order valence-electron chi connectivity index (χ3n) is 4.38. The molecule has 0 aromatic carbocycles. The van der Waals surface area contributed by atoms with Gasteiger partial charge in [-0.05, 0) is 44.1 Å². The van der Waals surface area contributed by atoms with Gasteiger partial charge in [0.2, 0.25) is 0 Å². The van der Waals surface area contributed by atoms with Crippen LogP contribution in [-0.2, 0) is 22.4 Å². The number of thiophene rings is 1. The third kappa shape index (κ3) is 3.17. The van der Waals surface area contributed by atoms with E-state index in [1.165, 1.54) is 29.1 Å². The molecule has 1 fully saturated rings. The van der Waals surface area contributed by atoms with Gasteiger partial charge in [-0.3, -0.25) is 9.59 Å². The fraction of sp³-hybridized carbons (Fsp3) is 0.625. The number of fused-ring (bicyclic) bond motifs is 1. The monoisotopic (exact) mass is 322 g/mol. The molecule has 22 heavy (non-hydrogen) atoms. The molecular formula is C16H22N2O3S. The van der Waals surface area contributed by atoms with E-state index in [4.69, 9.17) is 10.5 Å². The molecule has 6 heteroatoms. The number of carbonyl (C=O) groups excluding carboxylic acids is 2. The lowest BCUT2D eigenvalue weighted by atomic mass is 9.96. The van der Waals surface area contributed by atoms with Gasteiger partial charge in [0.1, 0.15) is 11.1 Å². The Bertz CT molecular complexity index is 576. The summed E-state index contributed by atoms with van der Waals surface area (Å²) in [7, 11) is 0. The van der Waals surface area contributed by atoms with E-state index in [9.17, 15) is 9.59 Å². The largest absolute Gasteiger partial charge is 0.368 e. The standard InChI is InChI=1S/C16H22N2O3S/c17-14(19)13-10-6-3-1-2-4-8-12(10)22-16(13)18-15(20)11-7-5-9-21-11/h11H,1-9H2,(H2,17,19)(H,18,20)/t11-/m1/s1. The molecule has 1 aromatic heterocycles. The van der Waals surface area contributed by atoms with Gasteiger partial charge in [0.25, 0.3) is 11.8 Å². The van der Waals surface area contributed by atoms with Crippen LogP contribution < -0.4 is 11.1 Å². The summed E-state index contributed by atoms with van der Waals surface area (Å²) < 4.78 is 5.41. The number of amides is 2. The number of hydrogen-bond donors (Lipinski definition) is 2. The second-order valence-electron chi connectivity index (χ2n) is 5.98. The topological polar surface area (TPSA) is 81.4 Å². The summed E-state index contributed by atoms with van der Waals surface area (Å²) in [6.45, 7) is 0.627. The normalized spacial score (nSPS) is 21.7. The second kappa shape index (κ2) is 6.79. The predicted molar refractivity (Wildman–Crippen MR) is 86.3 cm³/mol. The first-order chi connectivity index (χ1) is 10.7. The Balaban J connectivity index is 1.87. The summed E-state index contributed by atoms with van der Waals surface area (Å²) in [5.41, 5.74) is 7.16. The summed E-state index contributed by atoms with van der Waals surface area (Å²) in [5.74, 6) is -0.602. The first-order valence-corrected chi connectivity index (χ1v) is 8.85. The molecule has 1 atom stereocenters. The lowest BCUT2D eigenvalue weighted by Crippen LogP contribution is -2.27. The average molecular weight is 322 g/mol. The highest BCUT2D eigenvalue weighted by molar-refractivity contribution is 7.17. The molecule has 1 aromatic rings. The number of nitrogens with one attached hydrogen (secondary N) is 1. The Morgan fingerprint density at radius 1 is 1.14 bits per heavy atom. The molecule has 0 spiro atoms. The number of aryl methyl sites for hydroxylation is 1. The van der Waals surface area contributed by atoms with Crippen LogP contribution in [0.15, 0.2) is 0 Å². The number of carbonyl (C=O) groups is 2. The van der Waals surface area contributed by atoms with Crippen molar-refractivity contribution in [2.75, 3.05) is 11.9 Å². The fourth-order valence-electron chi connectivity index (χ4n) is 3.24. The molecule has 0 radical (unpaired) electrons. The Hall–Kier alpha value is -1.40. The Morgan fingerprint density at radius 3 is 2.59 bits per heavy atom. The van der Waals surface area contributed by atoms with Crippen molar-refractivity contribution in [2.24, 2.45) is 5.73 Å². The predicted octanol–water partition coefficient (Wildman–Crippen LogP) is 2.62. The molecule has 120 valence electrons. The maximum Gasteiger partial charge on any atom is 0.254 e. The summed E-state index contributed by atoms with van der Waals surface area (Å²) in [6, 6.07) is 0. The van der Waals surface area contributed by atoms with E-state index in [-0.39, 0.29) is 5.91 Å². The molecule has 5 nitrogen and oxygen atoms in total. The average Bonchev–Trinajstić information content (AvgIpc) is 3.07. The molecule has 1 aliphatic heterocycles. The molecule has 3 N–H and O–H groups in total. The lowest BCUT2D eigenvalue weighted by Gasteiger charge is -2.11. The molecule has 3 rings (SSSR count). The summed E-state index contributed by atoms with van der Waals surface area (Å²) >= 11 is 1.51. The van der Waals surface area contributed by atoms with E-state index in [1.807, 2.05) is 0 Å². The van der Waals surface area contributed by atoms with Gasteiger partial charge in [0.05, 0.1) is 5.56 Å². The molecule has 0 saturated carbocycles. The molecule has 1 saturated heterocycles. The maximum absolute atomic E-state index is 12.3. The molecule has 0 bridgehead atoms. The SMILES string of the molecule is NC(=O)c1c(NC(=O)[C@H]2CCCO2)sc2c1CCCCCC2. The molecule has 0 unspecified atom stereocenters. The van der Waals surface area contributed by atoms with Crippen LogP contribution in [0.25, 0.3) is 0 Å². The molecule has 2 aliphatic rings. The van der Waals surface area contributed by atoms with Gasteiger partial charge in [0.15, 0.2) is 0 Å². The van der Waals surface area contributed by atoms with Crippen molar-refractivity contribution in [3.05, 3.63) is 16.0 Å². The number of ether oxygens (including phenoxy) is 1. The zero-order valence-corrected chi connectivity index (χ0v) is 13.5. The minimum atomic E-state index is -0.444. The van der Waals surface area contributed by atoms with Crippen LogP contribution in [0, 0.1) is 0 Å². The second-order valence-corrected chi connectivity index (χ2v) is 7.08. The summed E-state index contributed by atoms with van der Waals surface area (Å²) in [5, 5.41) is 3.50. The van der Waals surface area contributed by atoms with E-state index in [0.717, 1.165) is 44.1 Å². The quantitative estimate of drug-likeness (QED) is 0.897. The first-order valence-electron chi connectivity index (χ1n) is 8.03. The number of primary amides is 1. The van der Waals surface area contributed by atoms with Crippen LogP contribution in [0.3, 0.4) is 0 Å². The van der Waals surface area contributed by atoms with Crippen LogP contribution in [0.2, 0.25) is 0 Å². The van der Waals surface area contributed by atoms with Crippen molar-refractivity contribution < 1.29 is 14.3 Å². The first kappa shape index (κ1) is 15.5. The van der Waals surface area contributed by atoms with Crippen molar-refractivity contribution in [2.45, 2.75) is 57.5 Å². The maximum atomic E-state index is 12.3. The highest BCUT2D eigenvalue weighted by Crippen LogP contribution is 2.37. The van der Waals surface area contributed by atoms with E-state index in [2.05, 4.69) is 5.32 Å². The summed E-state index contributed by atoms with van der Waals surface area (Å²) in [6.07, 6.45) is 7.70. The van der Waals surface area contributed by atoms with Crippen LogP contribution in [0.5, 0.6) is 0 Å². The molecule has 1 aliphatic carbocycles. The van der Waals surface area contributed by atoms with E-state index >= 15 is 0 Å². The Morgan fingerprint density at radius 2 is 1.91 bits per heavy atom. The van der Waals surface area contributed by atoms with Gasteiger partial charge in [-0.25, -0.2) is 0 Å². The number of anilines is 1. The summed E-state index contributed by atoms with van der Waals surface area (Å²) in [4.78, 5) is 25.4. The molecule has 2 amide bonds. The molecular weight excluding hydrogens is 300 g/mol. The van der Waals surface area contributed by atoms with Gasteiger partial charge in [0, 0.05) is 11.5 Å². The van der Waals surface area contributed by atoms with Gasteiger partial charge in [-0.2, -0.15) is 0 Å². The van der Waals surface area contributed by atoms with Gasteiger partial charge < -0.3 is 15.8 Å². The van der Waals surface area contributed by atoms with Crippen molar-refractivity contribution in [3.63, 3.8) is 0 Å². The van der Waals surface area contributed by atoms with Gasteiger partial charge in [-0.1, -0.05) is 12.8 Å². The number of hydrogen-bond acceptors (Lipinski definition) is 4. The van der Waals surface area contributed by atoms with Crippen molar-refractivity contribution in [1.29, 1.82) is 0 Å². The van der Waals surface area contributed by atoms with E-state index < -0.39 is 12.0 Å².